The van der Waals surface area contributed by atoms with Gasteiger partial charge in [0.2, 0.25) is 0 Å². The Balaban J connectivity index is 1.47. The number of rotatable bonds is 7. The second kappa shape index (κ2) is 10.5. The number of ether oxygens (including phenoxy) is 2. The summed E-state index contributed by atoms with van der Waals surface area (Å²) in [7, 11) is 1.46. The van der Waals surface area contributed by atoms with Gasteiger partial charge in [-0.05, 0) is 25.3 Å². The van der Waals surface area contributed by atoms with Gasteiger partial charge in [0.05, 0.1) is 18.6 Å². The van der Waals surface area contributed by atoms with Gasteiger partial charge in [-0.25, -0.2) is 4.79 Å². The number of carbonyl (C=O) groups excluding carboxylic acids is 1. The van der Waals surface area contributed by atoms with Crippen LogP contribution < -0.4 is 9.64 Å². The van der Waals surface area contributed by atoms with Crippen molar-refractivity contribution in [3.63, 3.8) is 0 Å². The zero-order valence-corrected chi connectivity index (χ0v) is 17.9. The maximum atomic E-state index is 12.1. The molecule has 0 aromatic heterocycles. The van der Waals surface area contributed by atoms with Crippen LogP contribution in [0.25, 0.3) is 0 Å². The summed E-state index contributed by atoms with van der Waals surface area (Å²) in [6, 6.07) is 5.56. The maximum Gasteiger partial charge on any atom is 0.409 e. The van der Waals surface area contributed by atoms with Crippen LogP contribution in [0.15, 0.2) is 18.2 Å². The lowest BCUT2D eigenvalue weighted by atomic mass is 10.0. The number of hydrogen-bond acceptors (Lipinski definition) is 7. The van der Waals surface area contributed by atoms with Gasteiger partial charge in [0.25, 0.3) is 0 Å². The molecule has 0 spiro atoms. The SMILES string of the molecule is CCCCOC(=O)N1CCN(C2CCN(c3ccc([N+](=O)[O-])c(OC)c3)CC2)CC1. The Morgan fingerprint density at radius 3 is 2.47 bits per heavy atom. The lowest BCUT2D eigenvalue weighted by Gasteiger charge is -2.43. The minimum atomic E-state index is -0.423. The normalized spacial score (nSPS) is 18.3. The van der Waals surface area contributed by atoms with Crippen LogP contribution in [0.5, 0.6) is 5.75 Å². The largest absolute Gasteiger partial charge is 0.490 e. The van der Waals surface area contributed by atoms with Gasteiger partial charge in [0, 0.05) is 63.1 Å². The summed E-state index contributed by atoms with van der Waals surface area (Å²) >= 11 is 0. The number of unbranched alkanes of at least 4 members (excludes halogenated alkanes) is 1. The van der Waals surface area contributed by atoms with Gasteiger partial charge in [-0.3, -0.25) is 15.0 Å². The quantitative estimate of drug-likeness (QED) is 0.380. The Morgan fingerprint density at radius 2 is 1.87 bits per heavy atom. The molecule has 9 nitrogen and oxygen atoms in total. The average molecular weight is 421 g/mol. The number of carbonyl (C=O) groups is 1. The number of amides is 1. The van der Waals surface area contributed by atoms with Crippen LogP contribution in [-0.4, -0.2) is 79.8 Å². The van der Waals surface area contributed by atoms with Crippen molar-refractivity contribution in [1.82, 2.24) is 9.80 Å². The van der Waals surface area contributed by atoms with Gasteiger partial charge in [-0.2, -0.15) is 0 Å². The summed E-state index contributed by atoms with van der Waals surface area (Å²) in [6.45, 7) is 7.54. The molecule has 166 valence electrons. The minimum Gasteiger partial charge on any atom is -0.490 e. The lowest BCUT2D eigenvalue weighted by Crippen LogP contribution is -2.54. The van der Waals surface area contributed by atoms with Crippen molar-refractivity contribution in [2.75, 3.05) is 57.9 Å². The predicted octanol–water partition coefficient (Wildman–Crippen LogP) is 3.13. The van der Waals surface area contributed by atoms with E-state index < -0.39 is 4.92 Å². The summed E-state index contributed by atoms with van der Waals surface area (Å²) in [6.07, 6.45) is 3.79. The van der Waals surface area contributed by atoms with Crippen molar-refractivity contribution >= 4 is 17.5 Å². The molecule has 2 aliphatic heterocycles. The second-order valence-corrected chi connectivity index (χ2v) is 7.82. The van der Waals surface area contributed by atoms with Gasteiger partial charge in [0.15, 0.2) is 5.75 Å². The van der Waals surface area contributed by atoms with E-state index in [0.29, 0.717) is 31.5 Å². The number of hydrogen-bond donors (Lipinski definition) is 0. The van der Waals surface area contributed by atoms with E-state index in [4.69, 9.17) is 9.47 Å². The predicted molar refractivity (Wildman–Crippen MR) is 114 cm³/mol. The Labute approximate surface area is 177 Å². The van der Waals surface area contributed by atoms with E-state index in [1.54, 1.807) is 12.1 Å². The average Bonchev–Trinajstić information content (AvgIpc) is 2.79. The highest BCUT2D eigenvalue weighted by Crippen LogP contribution is 2.33. The molecule has 0 aliphatic carbocycles. The fourth-order valence-electron chi connectivity index (χ4n) is 4.17. The minimum absolute atomic E-state index is 0.0118. The summed E-state index contributed by atoms with van der Waals surface area (Å²) in [5.74, 6) is 0.293. The molecule has 0 unspecified atom stereocenters. The monoisotopic (exact) mass is 420 g/mol. The summed E-state index contributed by atoms with van der Waals surface area (Å²) < 4.78 is 10.5. The Kier molecular flexibility index (Phi) is 7.73. The molecular weight excluding hydrogens is 388 g/mol. The molecule has 2 fully saturated rings. The van der Waals surface area contributed by atoms with Crippen molar-refractivity contribution < 1.29 is 19.2 Å². The highest BCUT2D eigenvalue weighted by atomic mass is 16.6. The Hall–Kier alpha value is -2.55. The van der Waals surface area contributed by atoms with Gasteiger partial charge >= 0.3 is 11.8 Å². The maximum absolute atomic E-state index is 12.1. The van der Waals surface area contributed by atoms with Crippen molar-refractivity contribution in [3.05, 3.63) is 28.3 Å². The van der Waals surface area contributed by atoms with Crippen LogP contribution in [0.1, 0.15) is 32.6 Å². The zero-order valence-electron chi connectivity index (χ0n) is 17.9. The van der Waals surface area contributed by atoms with Crippen LogP contribution in [0.2, 0.25) is 0 Å². The van der Waals surface area contributed by atoms with Gasteiger partial charge in [-0.15, -0.1) is 0 Å². The molecule has 0 bridgehead atoms. The second-order valence-electron chi connectivity index (χ2n) is 7.82. The van der Waals surface area contributed by atoms with E-state index in [9.17, 15) is 14.9 Å². The molecule has 1 aromatic carbocycles. The lowest BCUT2D eigenvalue weighted by molar-refractivity contribution is -0.385. The van der Waals surface area contributed by atoms with E-state index in [1.807, 2.05) is 4.90 Å². The molecule has 2 saturated heterocycles. The van der Waals surface area contributed by atoms with Crippen LogP contribution in [0.3, 0.4) is 0 Å². The van der Waals surface area contributed by atoms with Crippen molar-refractivity contribution in [3.8, 4) is 5.75 Å². The number of nitro groups is 1. The van der Waals surface area contributed by atoms with Gasteiger partial charge in [0.1, 0.15) is 0 Å². The van der Waals surface area contributed by atoms with E-state index in [-0.39, 0.29) is 11.8 Å². The molecule has 30 heavy (non-hydrogen) atoms. The van der Waals surface area contributed by atoms with Crippen LogP contribution in [-0.2, 0) is 4.74 Å². The van der Waals surface area contributed by atoms with Crippen LogP contribution in [0, 0.1) is 10.1 Å². The van der Waals surface area contributed by atoms with E-state index in [1.165, 1.54) is 13.2 Å². The van der Waals surface area contributed by atoms with Gasteiger partial charge in [-0.1, -0.05) is 13.3 Å². The number of benzene rings is 1. The molecule has 0 radical (unpaired) electrons. The summed E-state index contributed by atoms with van der Waals surface area (Å²) in [5, 5.41) is 11.1. The first-order valence-electron chi connectivity index (χ1n) is 10.8. The molecule has 0 N–H and O–H groups in total. The fraction of sp³-hybridized carbons (Fsp3) is 0.667. The number of nitrogens with zero attached hydrogens (tertiary/aromatic N) is 4. The number of anilines is 1. The number of nitro benzene ring substituents is 1. The van der Waals surface area contributed by atoms with E-state index in [2.05, 4.69) is 16.7 Å². The van der Waals surface area contributed by atoms with Crippen molar-refractivity contribution in [2.24, 2.45) is 0 Å². The first-order valence-corrected chi connectivity index (χ1v) is 10.8. The Morgan fingerprint density at radius 1 is 1.17 bits per heavy atom. The molecule has 3 rings (SSSR count). The molecule has 0 atom stereocenters. The first kappa shape index (κ1) is 22.1. The summed E-state index contributed by atoms with van der Waals surface area (Å²) in [5.41, 5.74) is 0.942. The highest BCUT2D eigenvalue weighted by molar-refractivity contribution is 5.67. The molecule has 1 aromatic rings. The highest BCUT2D eigenvalue weighted by Gasteiger charge is 2.30. The third-order valence-electron chi connectivity index (χ3n) is 6.00. The molecule has 1 amide bonds. The fourth-order valence-corrected chi connectivity index (χ4v) is 4.17. The van der Waals surface area contributed by atoms with Gasteiger partial charge < -0.3 is 19.3 Å². The number of methoxy groups -OCH3 is 1. The van der Waals surface area contributed by atoms with Crippen molar-refractivity contribution in [1.29, 1.82) is 0 Å². The molecule has 2 aliphatic rings. The number of piperidine rings is 1. The van der Waals surface area contributed by atoms with Crippen molar-refractivity contribution in [2.45, 2.75) is 38.6 Å². The third kappa shape index (κ3) is 5.33. The van der Waals surface area contributed by atoms with Crippen LogP contribution in [0.4, 0.5) is 16.2 Å². The molecule has 2 heterocycles. The molecular formula is C21H32N4O5. The summed E-state index contributed by atoms with van der Waals surface area (Å²) in [4.78, 5) is 29.3. The third-order valence-corrected chi connectivity index (χ3v) is 6.00. The van der Waals surface area contributed by atoms with E-state index in [0.717, 1.165) is 57.5 Å². The van der Waals surface area contributed by atoms with E-state index >= 15 is 0 Å². The first-order chi connectivity index (χ1) is 14.5. The molecule has 9 heteroatoms. The van der Waals surface area contributed by atoms with Crippen LogP contribution >= 0.6 is 0 Å². The number of piperazine rings is 1. The smallest absolute Gasteiger partial charge is 0.409 e. The molecule has 0 saturated carbocycles. The standard InChI is InChI=1S/C21H32N4O5/c1-3-4-15-30-21(26)24-13-11-23(12-14-24)17-7-9-22(10-8-17)18-5-6-19(25(27)28)20(16-18)29-2/h5-6,16-17H,3-4,7-15H2,1-2H3. The zero-order chi connectivity index (χ0) is 21.5. The topological polar surface area (TPSA) is 88.4 Å². The Bertz CT molecular complexity index is 728.